The Morgan fingerprint density at radius 1 is 1.47 bits per heavy atom. The minimum Gasteiger partial charge on any atom is -0.480 e. The van der Waals surface area contributed by atoms with Crippen molar-refractivity contribution >= 4 is 16.7 Å². The van der Waals surface area contributed by atoms with Crippen molar-refractivity contribution in [1.82, 2.24) is 0 Å². The van der Waals surface area contributed by atoms with Crippen LogP contribution in [0.1, 0.15) is 5.56 Å². The second kappa shape index (κ2) is 3.74. The number of hydrogen-bond acceptors (Lipinski definition) is 4. The van der Waals surface area contributed by atoms with Crippen LogP contribution in [0.2, 0.25) is 0 Å². The van der Waals surface area contributed by atoms with Gasteiger partial charge in [-0.15, -0.1) is 0 Å². The number of fused-ring (bicyclic) bond motifs is 1. The van der Waals surface area contributed by atoms with Crippen LogP contribution in [0, 0.1) is 5.41 Å². The van der Waals surface area contributed by atoms with Gasteiger partial charge >= 0.3 is 0 Å². The Bertz CT molecular complexity index is 502. The third-order valence-electron chi connectivity index (χ3n) is 2.17. The monoisotopic (exact) mass is 205 g/mol. The van der Waals surface area contributed by atoms with Gasteiger partial charge in [0.2, 0.25) is 0 Å². The van der Waals surface area contributed by atoms with Crippen molar-refractivity contribution in [2.45, 2.75) is 0 Å². The molecular formula is C11H11NO3. The Morgan fingerprint density at radius 3 is 2.93 bits per heavy atom. The van der Waals surface area contributed by atoms with Crippen LogP contribution in [-0.4, -0.2) is 24.5 Å². The standard InChI is InChI=1S/C11H11NO3/c1-14-6-8(12)10-7-4-2-3-5-9(7)15-11(10)13/h2-5,12-13H,6H2,1H3. The number of para-hydroxylation sites is 1. The fourth-order valence-corrected chi connectivity index (χ4v) is 1.54. The summed E-state index contributed by atoms with van der Waals surface area (Å²) in [6, 6.07) is 7.20. The van der Waals surface area contributed by atoms with Crippen molar-refractivity contribution in [1.29, 1.82) is 5.41 Å². The quantitative estimate of drug-likeness (QED) is 0.754. The molecule has 1 aromatic carbocycles. The lowest BCUT2D eigenvalue weighted by Gasteiger charge is -1.99. The maximum atomic E-state index is 9.57. The normalized spacial score (nSPS) is 10.7. The molecule has 78 valence electrons. The minimum atomic E-state index is -0.224. The number of methoxy groups -OCH3 is 1. The van der Waals surface area contributed by atoms with E-state index in [0.29, 0.717) is 11.1 Å². The van der Waals surface area contributed by atoms with Crippen molar-refractivity contribution in [3.8, 4) is 5.95 Å². The van der Waals surface area contributed by atoms with E-state index in [-0.39, 0.29) is 18.3 Å². The van der Waals surface area contributed by atoms with E-state index < -0.39 is 0 Å². The van der Waals surface area contributed by atoms with E-state index in [2.05, 4.69) is 0 Å². The third-order valence-corrected chi connectivity index (χ3v) is 2.17. The predicted octanol–water partition coefficient (Wildman–Crippen LogP) is 2.15. The molecule has 2 rings (SSSR count). The number of ether oxygens (including phenoxy) is 1. The van der Waals surface area contributed by atoms with Crippen LogP contribution in [0.25, 0.3) is 11.0 Å². The van der Waals surface area contributed by atoms with E-state index in [1.54, 1.807) is 12.1 Å². The molecule has 0 unspecified atom stereocenters. The third kappa shape index (κ3) is 1.59. The van der Waals surface area contributed by atoms with Crippen molar-refractivity contribution in [3.05, 3.63) is 29.8 Å². The Morgan fingerprint density at radius 2 is 2.20 bits per heavy atom. The van der Waals surface area contributed by atoms with Crippen molar-refractivity contribution in [3.63, 3.8) is 0 Å². The fourth-order valence-electron chi connectivity index (χ4n) is 1.54. The summed E-state index contributed by atoms with van der Waals surface area (Å²) in [6.45, 7) is 0.150. The van der Waals surface area contributed by atoms with Gasteiger partial charge in [-0.05, 0) is 6.07 Å². The van der Waals surface area contributed by atoms with E-state index in [1.807, 2.05) is 12.1 Å². The van der Waals surface area contributed by atoms with Crippen molar-refractivity contribution in [2.24, 2.45) is 0 Å². The van der Waals surface area contributed by atoms with Crippen LogP contribution in [0.15, 0.2) is 28.7 Å². The molecule has 0 saturated carbocycles. The zero-order valence-corrected chi connectivity index (χ0v) is 8.28. The zero-order chi connectivity index (χ0) is 10.8. The molecule has 0 amide bonds. The Kier molecular flexibility index (Phi) is 2.43. The van der Waals surface area contributed by atoms with Gasteiger partial charge in [-0.1, -0.05) is 18.2 Å². The molecule has 4 nitrogen and oxygen atoms in total. The highest BCUT2D eigenvalue weighted by Gasteiger charge is 2.16. The average Bonchev–Trinajstić information content (AvgIpc) is 2.54. The lowest BCUT2D eigenvalue weighted by molar-refractivity contribution is 0.244. The lowest BCUT2D eigenvalue weighted by Crippen LogP contribution is -2.06. The first kappa shape index (κ1) is 9.73. The van der Waals surface area contributed by atoms with Gasteiger partial charge in [0.15, 0.2) is 0 Å². The van der Waals surface area contributed by atoms with Gasteiger partial charge in [-0.25, -0.2) is 0 Å². The highest BCUT2D eigenvalue weighted by molar-refractivity contribution is 6.11. The van der Waals surface area contributed by atoms with Crippen LogP contribution in [-0.2, 0) is 4.74 Å². The first-order valence-electron chi connectivity index (χ1n) is 4.51. The number of rotatable bonds is 3. The Labute approximate surface area is 86.6 Å². The van der Waals surface area contributed by atoms with Gasteiger partial charge in [-0.3, -0.25) is 0 Å². The largest absolute Gasteiger partial charge is 0.480 e. The van der Waals surface area contributed by atoms with E-state index in [4.69, 9.17) is 14.6 Å². The average molecular weight is 205 g/mol. The second-order valence-corrected chi connectivity index (χ2v) is 3.19. The van der Waals surface area contributed by atoms with E-state index in [9.17, 15) is 5.11 Å². The van der Waals surface area contributed by atoms with Crippen LogP contribution in [0.3, 0.4) is 0 Å². The molecule has 0 atom stereocenters. The number of nitrogens with one attached hydrogen (secondary N) is 1. The summed E-state index contributed by atoms with van der Waals surface area (Å²) < 4.78 is 9.98. The molecular weight excluding hydrogens is 194 g/mol. The maximum Gasteiger partial charge on any atom is 0.292 e. The highest BCUT2D eigenvalue weighted by Crippen LogP contribution is 2.30. The smallest absolute Gasteiger partial charge is 0.292 e. The van der Waals surface area contributed by atoms with Crippen LogP contribution >= 0.6 is 0 Å². The molecule has 2 aromatic rings. The SMILES string of the molecule is COCC(=N)c1c(O)oc2ccccc12. The molecule has 0 aliphatic heterocycles. The first-order valence-corrected chi connectivity index (χ1v) is 4.51. The molecule has 0 aliphatic rings. The van der Waals surface area contributed by atoms with Crippen molar-refractivity contribution < 1.29 is 14.3 Å². The summed E-state index contributed by atoms with van der Waals surface area (Å²) in [4.78, 5) is 0. The topological polar surface area (TPSA) is 66.5 Å². The van der Waals surface area contributed by atoms with E-state index in [1.165, 1.54) is 7.11 Å². The van der Waals surface area contributed by atoms with Gasteiger partial charge < -0.3 is 19.7 Å². The molecule has 0 radical (unpaired) electrons. The number of aromatic hydroxyl groups is 1. The Balaban J connectivity index is 2.58. The fraction of sp³-hybridized carbons (Fsp3) is 0.182. The molecule has 0 bridgehead atoms. The first-order chi connectivity index (χ1) is 7.24. The molecule has 1 heterocycles. The van der Waals surface area contributed by atoms with Crippen LogP contribution in [0.4, 0.5) is 0 Å². The van der Waals surface area contributed by atoms with Crippen LogP contribution in [0.5, 0.6) is 5.95 Å². The van der Waals surface area contributed by atoms with E-state index in [0.717, 1.165) is 5.39 Å². The molecule has 0 saturated heterocycles. The summed E-state index contributed by atoms with van der Waals surface area (Å²) in [7, 11) is 1.51. The zero-order valence-electron chi connectivity index (χ0n) is 8.28. The number of furan rings is 1. The van der Waals surface area contributed by atoms with Crippen LogP contribution < -0.4 is 0 Å². The predicted molar refractivity (Wildman–Crippen MR) is 56.6 cm³/mol. The number of benzene rings is 1. The lowest BCUT2D eigenvalue weighted by atomic mass is 10.1. The summed E-state index contributed by atoms with van der Waals surface area (Å²) in [6.07, 6.45) is 0. The summed E-state index contributed by atoms with van der Waals surface area (Å²) in [5, 5.41) is 18.0. The molecule has 15 heavy (non-hydrogen) atoms. The molecule has 1 aromatic heterocycles. The van der Waals surface area contributed by atoms with Gasteiger partial charge in [0.25, 0.3) is 5.95 Å². The molecule has 0 spiro atoms. The van der Waals surface area contributed by atoms with Crippen molar-refractivity contribution in [2.75, 3.05) is 13.7 Å². The maximum absolute atomic E-state index is 9.57. The summed E-state index contributed by atoms with van der Waals surface area (Å²) in [5.74, 6) is -0.224. The molecule has 2 N–H and O–H groups in total. The molecule has 4 heteroatoms. The van der Waals surface area contributed by atoms with Gasteiger partial charge in [0, 0.05) is 12.5 Å². The summed E-state index contributed by atoms with van der Waals surface area (Å²) >= 11 is 0. The minimum absolute atomic E-state index is 0.150. The second-order valence-electron chi connectivity index (χ2n) is 3.19. The summed E-state index contributed by atoms with van der Waals surface area (Å²) in [5.41, 5.74) is 1.19. The van der Waals surface area contributed by atoms with E-state index >= 15 is 0 Å². The number of hydrogen-bond donors (Lipinski definition) is 2. The van der Waals surface area contributed by atoms with Gasteiger partial charge in [0.05, 0.1) is 17.9 Å². The molecule has 0 aliphatic carbocycles. The van der Waals surface area contributed by atoms with Gasteiger partial charge in [-0.2, -0.15) is 0 Å². The van der Waals surface area contributed by atoms with Gasteiger partial charge in [0.1, 0.15) is 5.58 Å². The highest BCUT2D eigenvalue weighted by atomic mass is 16.5. The molecule has 0 fully saturated rings. The Hall–Kier alpha value is -1.81.